The fourth-order valence-corrected chi connectivity index (χ4v) is 3.81. The van der Waals surface area contributed by atoms with Crippen molar-refractivity contribution in [1.82, 2.24) is 18.7 Å². The number of rotatable bonds is 4. The quantitative estimate of drug-likeness (QED) is 0.693. The zero-order valence-electron chi connectivity index (χ0n) is 16.0. The van der Waals surface area contributed by atoms with Crippen LogP contribution in [0, 0.1) is 13.8 Å². The van der Waals surface area contributed by atoms with Crippen LogP contribution in [0.1, 0.15) is 11.1 Å². The Kier molecular flexibility index (Phi) is 4.15. The Balaban J connectivity index is 1.92. The standard InChI is InChI=1S/C19H23N5O3/c1-12-9-13(2)11-14(10-12)22-5-6-23-15-16(20-18(22)23)21(3)19(26)24(17(15)25)7-8-27-4/h9-11H,5-8H2,1-4H3. The fourth-order valence-electron chi connectivity index (χ4n) is 3.81. The highest BCUT2D eigenvalue weighted by molar-refractivity contribution is 5.78. The molecule has 0 spiro atoms. The predicted octanol–water partition coefficient (Wildman–Crippen LogP) is 1.31. The van der Waals surface area contributed by atoms with Gasteiger partial charge in [0, 0.05) is 32.9 Å². The maximum absolute atomic E-state index is 13.0. The molecule has 0 saturated heterocycles. The Bertz CT molecular complexity index is 1130. The molecule has 0 aliphatic carbocycles. The number of nitrogens with zero attached hydrogens (tertiary/aromatic N) is 5. The number of benzene rings is 1. The van der Waals surface area contributed by atoms with E-state index in [2.05, 4.69) is 41.9 Å². The van der Waals surface area contributed by atoms with Gasteiger partial charge in [-0.3, -0.25) is 13.9 Å². The van der Waals surface area contributed by atoms with E-state index in [9.17, 15) is 9.59 Å². The van der Waals surface area contributed by atoms with Gasteiger partial charge in [0.25, 0.3) is 5.56 Å². The summed E-state index contributed by atoms with van der Waals surface area (Å²) < 4.78 is 9.62. The van der Waals surface area contributed by atoms with Crippen molar-refractivity contribution in [1.29, 1.82) is 0 Å². The smallest absolute Gasteiger partial charge is 0.332 e. The molecule has 3 heterocycles. The summed E-state index contributed by atoms with van der Waals surface area (Å²) in [6.45, 7) is 6.04. The number of imidazole rings is 1. The minimum atomic E-state index is -0.376. The van der Waals surface area contributed by atoms with Gasteiger partial charge >= 0.3 is 5.69 Å². The molecule has 3 aromatic rings. The summed E-state index contributed by atoms with van der Waals surface area (Å²) in [5, 5.41) is 0. The molecule has 27 heavy (non-hydrogen) atoms. The van der Waals surface area contributed by atoms with E-state index in [1.807, 2.05) is 4.57 Å². The molecule has 0 radical (unpaired) electrons. The predicted molar refractivity (Wildman–Crippen MR) is 104 cm³/mol. The van der Waals surface area contributed by atoms with Gasteiger partial charge in [0.15, 0.2) is 11.2 Å². The Morgan fingerprint density at radius 1 is 1.11 bits per heavy atom. The molecular formula is C19H23N5O3. The number of methoxy groups -OCH3 is 1. The van der Waals surface area contributed by atoms with Crippen molar-refractivity contribution < 1.29 is 4.74 Å². The van der Waals surface area contributed by atoms with Gasteiger partial charge in [0.2, 0.25) is 5.95 Å². The molecule has 0 bridgehead atoms. The summed E-state index contributed by atoms with van der Waals surface area (Å²) in [6, 6.07) is 6.34. The first-order chi connectivity index (χ1) is 12.9. The maximum Gasteiger partial charge on any atom is 0.332 e. The summed E-state index contributed by atoms with van der Waals surface area (Å²) in [5.74, 6) is 0.701. The van der Waals surface area contributed by atoms with Crippen LogP contribution >= 0.6 is 0 Å². The first-order valence-corrected chi connectivity index (χ1v) is 8.97. The molecule has 0 fully saturated rings. The second kappa shape index (κ2) is 6.38. The van der Waals surface area contributed by atoms with Gasteiger partial charge in [0.1, 0.15) is 0 Å². The highest BCUT2D eigenvalue weighted by Gasteiger charge is 2.28. The van der Waals surface area contributed by atoms with Gasteiger partial charge in [-0.15, -0.1) is 0 Å². The summed E-state index contributed by atoms with van der Waals surface area (Å²) >= 11 is 0. The zero-order valence-corrected chi connectivity index (χ0v) is 16.0. The van der Waals surface area contributed by atoms with Gasteiger partial charge in [0.05, 0.1) is 13.2 Å². The molecule has 2 aromatic heterocycles. The van der Waals surface area contributed by atoms with Gasteiger partial charge in [-0.05, 0) is 37.1 Å². The van der Waals surface area contributed by atoms with Crippen molar-refractivity contribution in [2.75, 3.05) is 25.2 Å². The van der Waals surface area contributed by atoms with Crippen molar-refractivity contribution in [3.8, 4) is 0 Å². The van der Waals surface area contributed by atoms with Crippen LogP contribution in [0.25, 0.3) is 11.2 Å². The molecule has 1 aromatic carbocycles. The monoisotopic (exact) mass is 369 g/mol. The molecule has 0 N–H and O–H groups in total. The number of aryl methyl sites for hydroxylation is 3. The SMILES string of the molecule is COCCn1c(=O)c2c(nc3n2CCN3c2cc(C)cc(C)c2)n(C)c1=O. The summed E-state index contributed by atoms with van der Waals surface area (Å²) in [7, 11) is 3.20. The first kappa shape index (κ1) is 17.5. The third kappa shape index (κ3) is 2.68. The molecule has 1 aliphatic heterocycles. The lowest BCUT2D eigenvalue weighted by molar-refractivity contribution is 0.184. The molecule has 8 heteroatoms. The normalized spacial score (nSPS) is 13.6. The number of hydrogen-bond acceptors (Lipinski definition) is 5. The van der Waals surface area contributed by atoms with Crippen LogP contribution < -0.4 is 16.1 Å². The van der Waals surface area contributed by atoms with Gasteiger partial charge in [-0.25, -0.2) is 4.79 Å². The second-order valence-electron chi connectivity index (χ2n) is 7.02. The van der Waals surface area contributed by atoms with Gasteiger partial charge in [-0.2, -0.15) is 4.98 Å². The van der Waals surface area contributed by atoms with Crippen LogP contribution in [0.3, 0.4) is 0 Å². The van der Waals surface area contributed by atoms with Crippen molar-refractivity contribution in [3.05, 3.63) is 50.2 Å². The summed E-state index contributed by atoms with van der Waals surface area (Å²) in [6.07, 6.45) is 0. The van der Waals surface area contributed by atoms with E-state index in [4.69, 9.17) is 4.74 Å². The number of ether oxygens (including phenoxy) is 1. The Morgan fingerprint density at radius 2 is 1.81 bits per heavy atom. The van der Waals surface area contributed by atoms with E-state index in [1.165, 1.54) is 20.3 Å². The minimum Gasteiger partial charge on any atom is -0.383 e. The Labute approximate surface area is 156 Å². The van der Waals surface area contributed by atoms with E-state index >= 15 is 0 Å². The molecule has 142 valence electrons. The van der Waals surface area contributed by atoms with E-state index in [0.717, 1.165) is 12.2 Å². The molecular weight excluding hydrogens is 346 g/mol. The lowest BCUT2D eigenvalue weighted by Gasteiger charge is -2.17. The number of hydrogen-bond donors (Lipinski definition) is 0. The van der Waals surface area contributed by atoms with Crippen molar-refractivity contribution >= 4 is 22.8 Å². The highest BCUT2D eigenvalue weighted by atomic mass is 16.5. The maximum atomic E-state index is 13.0. The van der Waals surface area contributed by atoms with Crippen LogP contribution in [0.15, 0.2) is 27.8 Å². The van der Waals surface area contributed by atoms with E-state index in [1.54, 1.807) is 14.2 Å². The average molecular weight is 369 g/mol. The van der Waals surface area contributed by atoms with Gasteiger partial charge < -0.3 is 14.2 Å². The van der Waals surface area contributed by atoms with Crippen molar-refractivity contribution in [2.24, 2.45) is 7.05 Å². The third-order valence-electron chi connectivity index (χ3n) is 5.04. The summed E-state index contributed by atoms with van der Waals surface area (Å²) in [4.78, 5) is 32.3. The molecule has 4 rings (SSSR count). The number of aromatic nitrogens is 4. The highest BCUT2D eigenvalue weighted by Crippen LogP contribution is 2.32. The Morgan fingerprint density at radius 3 is 2.48 bits per heavy atom. The molecule has 0 unspecified atom stereocenters. The van der Waals surface area contributed by atoms with Crippen LogP contribution in [0.4, 0.5) is 11.6 Å². The van der Waals surface area contributed by atoms with Crippen LogP contribution in [0.2, 0.25) is 0 Å². The lowest BCUT2D eigenvalue weighted by Crippen LogP contribution is -2.40. The molecule has 1 aliphatic rings. The molecule has 8 nitrogen and oxygen atoms in total. The molecule has 0 saturated carbocycles. The lowest BCUT2D eigenvalue weighted by atomic mass is 10.1. The van der Waals surface area contributed by atoms with Crippen LogP contribution in [-0.4, -0.2) is 38.9 Å². The van der Waals surface area contributed by atoms with Crippen LogP contribution in [0.5, 0.6) is 0 Å². The first-order valence-electron chi connectivity index (χ1n) is 8.97. The third-order valence-corrected chi connectivity index (χ3v) is 5.04. The molecule has 0 atom stereocenters. The van der Waals surface area contributed by atoms with E-state index in [-0.39, 0.29) is 17.8 Å². The number of fused-ring (bicyclic) bond motifs is 3. The largest absolute Gasteiger partial charge is 0.383 e. The van der Waals surface area contributed by atoms with E-state index in [0.29, 0.717) is 30.3 Å². The Hall–Kier alpha value is -2.87. The van der Waals surface area contributed by atoms with Gasteiger partial charge in [-0.1, -0.05) is 6.07 Å². The zero-order chi connectivity index (χ0) is 19.3. The van der Waals surface area contributed by atoms with E-state index < -0.39 is 0 Å². The topological polar surface area (TPSA) is 74.3 Å². The van der Waals surface area contributed by atoms with Crippen LogP contribution in [-0.2, 0) is 24.9 Å². The van der Waals surface area contributed by atoms with Crippen molar-refractivity contribution in [3.63, 3.8) is 0 Å². The van der Waals surface area contributed by atoms with Crippen molar-refractivity contribution in [2.45, 2.75) is 26.9 Å². The number of anilines is 2. The fraction of sp³-hybridized carbons (Fsp3) is 0.421. The second-order valence-corrected chi connectivity index (χ2v) is 7.02. The molecule has 0 amide bonds. The summed E-state index contributed by atoms with van der Waals surface area (Å²) in [5.41, 5.74) is 3.59. The minimum absolute atomic E-state index is 0.221. The average Bonchev–Trinajstić information content (AvgIpc) is 3.18.